The molecule has 65 heavy (non-hydrogen) atoms. The molecule has 0 aliphatic carbocycles. The van der Waals surface area contributed by atoms with E-state index in [-0.39, 0.29) is 32.5 Å². The summed E-state index contributed by atoms with van der Waals surface area (Å²) < 4.78 is 54.0. The lowest BCUT2D eigenvalue weighted by atomic mass is 9.91. The number of nitrogens with one attached hydrogen (secondary N) is 2. The SMILES string of the molecule is C[C@@](CCn1ccc2cc(C#Cc3ccc(C4(O)COC4)cc3)ccc21)(C(=O)NO)S(C)(=O)=O.C[C@@](CCn1ccc2cc(C#Cc3ccc(CO)cc3)ccc21)(C(=O)NO)S(C)(=O)=O. The number of aryl methyl sites for hydroxylation is 2. The van der Waals surface area contributed by atoms with Crippen LogP contribution in [0.3, 0.4) is 0 Å². The number of sulfone groups is 2. The van der Waals surface area contributed by atoms with E-state index >= 15 is 0 Å². The zero-order chi connectivity index (χ0) is 47.2. The van der Waals surface area contributed by atoms with Crippen LogP contribution in [-0.4, -0.2) is 93.6 Å². The van der Waals surface area contributed by atoms with Gasteiger partial charge in [-0.05, 0) is 111 Å². The Kier molecular flexibility index (Phi) is 14.4. The Hall–Kier alpha value is -6.28. The predicted molar refractivity (Wildman–Crippen MR) is 245 cm³/mol. The van der Waals surface area contributed by atoms with Crippen molar-refractivity contribution in [3.8, 4) is 23.7 Å². The summed E-state index contributed by atoms with van der Waals surface area (Å²) in [4.78, 5) is 24.0. The maximum atomic E-state index is 12.2. The van der Waals surface area contributed by atoms with Crippen molar-refractivity contribution in [2.75, 3.05) is 25.7 Å². The smallest absolute Gasteiger partial charge is 0.264 e. The number of amides is 2. The fourth-order valence-electron chi connectivity index (χ4n) is 7.09. The number of aromatic nitrogens is 2. The average Bonchev–Trinajstić information content (AvgIpc) is 3.89. The molecule has 17 heteroatoms. The summed E-state index contributed by atoms with van der Waals surface area (Å²) in [7, 11) is -7.50. The number of ether oxygens (including phenoxy) is 1. The molecule has 1 saturated heterocycles. The molecule has 2 atom stereocenters. The lowest BCUT2D eigenvalue weighted by molar-refractivity contribution is -0.184. The zero-order valence-corrected chi connectivity index (χ0v) is 37.8. The van der Waals surface area contributed by atoms with Crippen molar-refractivity contribution < 1.29 is 51.8 Å². The van der Waals surface area contributed by atoms with Crippen molar-refractivity contribution in [2.24, 2.45) is 0 Å². The number of hydrogen-bond donors (Lipinski definition) is 6. The minimum absolute atomic E-state index is 0.000803. The van der Waals surface area contributed by atoms with Crippen molar-refractivity contribution in [1.82, 2.24) is 20.1 Å². The second kappa shape index (κ2) is 19.4. The Bertz CT molecular complexity index is 3080. The fraction of sp³-hybridized carbons (Fsp3) is 0.292. The lowest BCUT2D eigenvalue weighted by Crippen LogP contribution is -2.49. The third-order valence-corrected chi connectivity index (χ3v) is 16.0. The largest absolute Gasteiger partial charge is 0.392 e. The van der Waals surface area contributed by atoms with Crippen LogP contribution < -0.4 is 11.0 Å². The number of aliphatic hydroxyl groups is 2. The molecule has 3 heterocycles. The van der Waals surface area contributed by atoms with Gasteiger partial charge in [0.25, 0.3) is 11.8 Å². The normalized spacial score (nSPS) is 15.1. The third-order valence-electron chi connectivity index (χ3n) is 11.9. The average molecular weight is 923 g/mol. The van der Waals surface area contributed by atoms with Gasteiger partial charge in [-0.25, -0.2) is 27.8 Å². The summed E-state index contributed by atoms with van der Waals surface area (Å²) in [6, 6.07) is 30.1. The summed E-state index contributed by atoms with van der Waals surface area (Å²) in [5.74, 6) is 10.6. The Morgan fingerprint density at radius 1 is 0.646 bits per heavy atom. The van der Waals surface area contributed by atoms with Gasteiger partial charge in [-0.1, -0.05) is 47.9 Å². The summed E-state index contributed by atoms with van der Waals surface area (Å²) in [6.07, 6.45) is 5.63. The van der Waals surface area contributed by atoms with Crippen LogP contribution in [-0.2, 0) is 59.3 Å². The minimum Gasteiger partial charge on any atom is -0.392 e. The Morgan fingerprint density at radius 2 is 1.03 bits per heavy atom. The number of benzene rings is 4. The van der Waals surface area contributed by atoms with Gasteiger partial charge in [-0.15, -0.1) is 0 Å². The molecule has 0 radical (unpaired) electrons. The van der Waals surface area contributed by atoms with E-state index in [9.17, 15) is 31.5 Å². The molecular weight excluding hydrogens is 873 g/mol. The van der Waals surface area contributed by atoms with Gasteiger partial charge in [0.05, 0.1) is 19.8 Å². The van der Waals surface area contributed by atoms with Gasteiger partial charge in [-0.2, -0.15) is 0 Å². The summed E-state index contributed by atoms with van der Waals surface area (Å²) in [5, 5.41) is 39.2. The van der Waals surface area contributed by atoms with Crippen LogP contribution in [0.4, 0.5) is 0 Å². The Balaban J connectivity index is 0.000000216. The maximum Gasteiger partial charge on any atom is 0.264 e. The van der Waals surface area contributed by atoms with Gasteiger partial charge in [-0.3, -0.25) is 20.0 Å². The monoisotopic (exact) mass is 922 g/mol. The van der Waals surface area contributed by atoms with Gasteiger partial charge in [0, 0.05) is 82.1 Å². The maximum absolute atomic E-state index is 12.2. The first-order chi connectivity index (χ1) is 30.7. The molecule has 1 aliphatic heterocycles. The molecule has 15 nitrogen and oxygen atoms in total. The molecule has 1 aliphatic rings. The summed E-state index contributed by atoms with van der Waals surface area (Å²) in [5.41, 5.74) is 8.77. The fourth-order valence-corrected chi connectivity index (χ4v) is 8.78. The van der Waals surface area contributed by atoms with Crippen LogP contribution in [0, 0.1) is 23.7 Å². The summed E-state index contributed by atoms with van der Waals surface area (Å²) >= 11 is 0. The molecule has 1 fully saturated rings. The van der Waals surface area contributed by atoms with Crippen molar-refractivity contribution in [1.29, 1.82) is 0 Å². The number of rotatable bonds is 12. The quantitative estimate of drug-likeness (QED) is 0.0580. The Morgan fingerprint density at radius 3 is 1.38 bits per heavy atom. The van der Waals surface area contributed by atoms with E-state index in [0.717, 1.165) is 67.7 Å². The molecule has 7 rings (SSSR count). The number of hydroxylamine groups is 2. The number of carbonyl (C=O) groups excluding carboxylic acids is 2. The van der Waals surface area contributed by atoms with Crippen molar-refractivity contribution >= 4 is 53.3 Å². The lowest BCUT2D eigenvalue weighted by Gasteiger charge is -2.36. The highest BCUT2D eigenvalue weighted by Crippen LogP contribution is 2.30. The molecule has 0 saturated carbocycles. The molecule has 0 bridgehead atoms. The highest BCUT2D eigenvalue weighted by molar-refractivity contribution is 7.93. The third kappa shape index (κ3) is 10.6. The van der Waals surface area contributed by atoms with Crippen LogP contribution in [0.1, 0.15) is 60.1 Å². The molecule has 4 aromatic carbocycles. The van der Waals surface area contributed by atoms with Gasteiger partial charge in [0.1, 0.15) is 5.60 Å². The first-order valence-corrected chi connectivity index (χ1v) is 24.1. The zero-order valence-electron chi connectivity index (χ0n) is 36.2. The van der Waals surface area contributed by atoms with E-state index in [1.807, 2.05) is 119 Å². The highest BCUT2D eigenvalue weighted by Gasteiger charge is 2.44. The van der Waals surface area contributed by atoms with Crippen LogP contribution in [0.15, 0.2) is 109 Å². The van der Waals surface area contributed by atoms with E-state index in [1.54, 1.807) is 0 Å². The molecular formula is C48H50N4O11S2. The standard InChI is InChI=1S/C25H26N2O6S.C23H24N2O5S/c1-24(23(28)26-30,34(2,31)32)12-14-27-13-11-20-15-19(7-10-22(20)27)4-3-18-5-8-21(9-6-18)25(29)16-33-17-25;1-23(22(27)24-28,31(2,29)30)12-14-25-13-11-20-15-18(9-10-21(20)25)6-3-17-4-7-19(16-26)8-5-17/h5-11,13,15,29-30H,12,14,16-17H2,1-2H3,(H,26,28);4-5,7-11,13,15,26,28H,12,14,16H2,1-2H3,(H,24,27)/t24-;23-/m11/s1. The Labute approximate surface area is 377 Å². The molecule has 0 spiro atoms. The molecule has 340 valence electrons. The predicted octanol–water partition coefficient (Wildman–Crippen LogP) is 4.19. The number of hydrogen-bond acceptors (Lipinski definition) is 11. The van der Waals surface area contributed by atoms with E-state index < -0.39 is 46.6 Å². The van der Waals surface area contributed by atoms with Crippen LogP contribution in [0.5, 0.6) is 0 Å². The molecule has 2 aromatic heterocycles. The van der Waals surface area contributed by atoms with Crippen molar-refractivity contribution in [3.05, 3.63) is 143 Å². The molecule has 0 unspecified atom stereocenters. The van der Waals surface area contributed by atoms with Crippen molar-refractivity contribution in [2.45, 2.75) is 61.5 Å². The van der Waals surface area contributed by atoms with Gasteiger partial charge in [0.2, 0.25) is 0 Å². The number of nitrogens with zero attached hydrogens (tertiary/aromatic N) is 2. The van der Waals surface area contributed by atoms with E-state index in [1.165, 1.54) is 24.8 Å². The van der Waals surface area contributed by atoms with E-state index in [0.29, 0.717) is 13.2 Å². The van der Waals surface area contributed by atoms with Gasteiger partial charge >= 0.3 is 0 Å². The van der Waals surface area contributed by atoms with Gasteiger partial charge < -0.3 is 24.1 Å². The first kappa shape index (κ1) is 48.2. The van der Waals surface area contributed by atoms with Gasteiger partial charge in [0.15, 0.2) is 29.2 Å². The number of carbonyl (C=O) groups is 2. The van der Waals surface area contributed by atoms with E-state index in [4.69, 9.17) is 20.3 Å². The van der Waals surface area contributed by atoms with E-state index in [2.05, 4.69) is 23.7 Å². The first-order valence-electron chi connectivity index (χ1n) is 20.3. The number of fused-ring (bicyclic) bond motifs is 2. The topological polar surface area (TPSA) is 226 Å². The second-order valence-electron chi connectivity index (χ2n) is 16.4. The van der Waals surface area contributed by atoms with Crippen LogP contribution in [0.2, 0.25) is 0 Å². The number of aliphatic hydroxyl groups excluding tert-OH is 1. The summed E-state index contributed by atoms with van der Waals surface area (Å²) in [6.45, 7) is 3.77. The van der Waals surface area contributed by atoms with Crippen molar-refractivity contribution in [3.63, 3.8) is 0 Å². The van der Waals surface area contributed by atoms with Crippen LogP contribution >= 0.6 is 0 Å². The van der Waals surface area contributed by atoms with Crippen LogP contribution in [0.25, 0.3) is 21.8 Å². The molecule has 2 amide bonds. The second-order valence-corrected chi connectivity index (χ2v) is 21.3. The highest BCUT2D eigenvalue weighted by atomic mass is 32.2. The molecule has 6 N–H and O–H groups in total. The molecule has 6 aromatic rings. The minimum atomic E-state index is -3.76.